The molecule has 2 aliphatic rings. The highest BCUT2D eigenvalue weighted by Gasteiger charge is 2.33. The minimum atomic E-state index is -0.0918. The molecule has 2 fully saturated rings. The molecule has 1 amide bonds. The highest BCUT2D eigenvalue weighted by atomic mass is 16.6. The number of ether oxygens (including phenoxy) is 2. The van der Waals surface area contributed by atoms with Crippen molar-refractivity contribution in [1.29, 1.82) is 0 Å². The number of nitrogens with one attached hydrogen (secondary N) is 1. The van der Waals surface area contributed by atoms with E-state index in [9.17, 15) is 4.79 Å². The Morgan fingerprint density at radius 3 is 2.18 bits per heavy atom. The van der Waals surface area contributed by atoms with Crippen molar-refractivity contribution in [2.45, 2.75) is 38.4 Å². The number of carbonyl (C=O) groups excluding carboxylic acids is 1. The molecular formula is C23H28N2O3. The van der Waals surface area contributed by atoms with E-state index in [4.69, 9.17) is 9.47 Å². The second kappa shape index (κ2) is 7.57. The van der Waals surface area contributed by atoms with Crippen LogP contribution in [0, 0.1) is 0 Å². The molecule has 0 aliphatic carbocycles. The van der Waals surface area contributed by atoms with Crippen molar-refractivity contribution in [2.75, 3.05) is 36.5 Å². The van der Waals surface area contributed by atoms with E-state index in [1.54, 1.807) is 0 Å². The van der Waals surface area contributed by atoms with Crippen molar-refractivity contribution in [3.05, 3.63) is 59.7 Å². The molecule has 5 nitrogen and oxygen atoms in total. The smallest absolute Gasteiger partial charge is 0.255 e. The maximum Gasteiger partial charge on any atom is 0.255 e. The highest BCUT2D eigenvalue weighted by Crippen LogP contribution is 2.35. The molecule has 2 unspecified atom stereocenters. The maximum absolute atomic E-state index is 12.8. The van der Waals surface area contributed by atoms with Gasteiger partial charge in [0.2, 0.25) is 0 Å². The van der Waals surface area contributed by atoms with Gasteiger partial charge in [-0.25, -0.2) is 0 Å². The number of anilines is 2. The molecule has 2 heterocycles. The van der Waals surface area contributed by atoms with Crippen molar-refractivity contribution in [2.24, 2.45) is 0 Å². The summed E-state index contributed by atoms with van der Waals surface area (Å²) in [6.07, 6.45) is 0.597. The normalized spacial score (nSPS) is 20.5. The lowest BCUT2D eigenvalue weighted by Crippen LogP contribution is -2.34. The van der Waals surface area contributed by atoms with Gasteiger partial charge in [-0.2, -0.15) is 0 Å². The van der Waals surface area contributed by atoms with Crippen LogP contribution in [0.5, 0.6) is 0 Å². The maximum atomic E-state index is 12.8. The van der Waals surface area contributed by atoms with E-state index in [1.807, 2.05) is 42.5 Å². The van der Waals surface area contributed by atoms with Crippen LogP contribution in [-0.2, 0) is 14.9 Å². The Bertz CT molecular complexity index is 823. The monoisotopic (exact) mass is 380 g/mol. The van der Waals surface area contributed by atoms with Crippen LogP contribution in [-0.4, -0.2) is 44.4 Å². The second-order valence-corrected chi connectivity index (χ2v) is 8.62. The Morgan fingerprint density at radius 1 is 1.04 bits per heavy atom. The predicted molar refractivity (Wildman–Crippen MR) is 111 cm³/mol. The molecule has 1 N–H and O–H groups in total. The van der Waals surface area contributed by atoms with E-state index in [-0.39, 0.29) is 11.3 Å². The molecule has 148 valence electrons. The van der Waals surface area contributed by atoms with E-state index in [0.717, 1.165) is 43.2 Å². The Labute approximate surface area is 166 Å². The molecule has 2 aromatic rings. The third kappa shape index (κ3) is 4.72. The molecule has 2 aromatic carbocycles. The zero-order chi connectivity index (χ0) is 19.7. The van der Waals surface area contributed by atoms with Crippen molar-refractivity contribution in [3.8, 4) is 0 Å². The van der Waals surface area contributed by atoms with Crippen molar-refractivity contribution >= 4 is 17.3 Å². The Morgan fingerprint density at radius 2 is 1.64 bits per heavy atom. The topological polar surface area (TPSA) is 57.4 Å². The van der Waals surface area contributed by atoms with Gasteiger partial charge in [0.15, 0.2) is 0 Å². The van der Waals surface area contributed by atoms with E-state index < -0.39 is 0 Å². The summed E-state index contributed by atoms with van der Waals surface area (Å²) >= 11 is 0. The van der Waals surface area contributed by atoms with Gasteiger partial charge in [0.05, 0.1) is 25.4 Å². The SMILES string of the molecule is CC(C)(C)c1cc(C(=O)Nc2ccccc2)ccc1N(CC1CO1)CC1CO1. The first-order valence-corrected chi connectivity index (χ1v) is 9.89. The predicted octanol–water partition coefficient (Wildman–Crippen LogP) is 3.84. The van der Waals surface area contributed by atoms with Crippen LogP contribution in [0.1, 0.15) is 36.7 Å². The summed E-state index contributed by atoms with van der Waals surface area (Å²) in [6, 6.07) is 15.6. The van der Waals surface area contributed by atoms with E-state index >= 15 is 0 Å². The minimum Gasteiger partial charge on any atom is -0.371 e. The lowest BCUT2D eigenvalue weighted by molar-refractivity contribution is 0.102. The van der Waals surface area contributed by atoms with Crippen LogP contribution in [0.2, 0.25) is 0 Å². The molecule has 2 aliphatic heterocycles. The number of epoxide rings is 2. The van der Waals surface area contributed by atoms with E-state index in [2.05, 4.69) is 37.1 Å². The third-order valence-electron chi connectivity index (χ3n) is 5.09. The number of nitrogens with zero attached hydrogens (tertiary/aromatic N) is 1. The minimum absolute atomic E-state index is 0.0918. The molecule has 0 radical (unpaired) electrons. The van der Waals surface area contributed by atoms with Crippen LogP contribution in [0.15, 0.2) is 48.5 Å². The standard InChI is InChI=1S/C23H28N2O3/c1-23(2,3)20-11-16(22(26)24-17-7-5-4-6-8-17)9-10-21(20)25(12-18-14-27-18)13-19-15-28-19/h4-11,18-19H,12-15H2,1-3H3,(H,24,26). The quantitative estimate of drug-likeness (QED) is 0.742. The molecule has 0 bridgehead atoms. The van der Waals surface area contributed by atoms with E-state index in [0.29, 0.717) is 17.8 Å². The van der Waals surface area contributed by atoms with Gasteiger partial charge in [0.25, 0.3) is 5.91 Å². The number of benzene rings is 2. The average Bonchev–Trinajstić information content (AvgIpc) is 3.57. The first-order chi connectivity index (χ1) is 13.4. The second-order valence-electron chi connectivity index (χ2n) is 8.62. The zero-order valence-corrected chi connectivity index (χ0v) is 16.8. The lowest BCUT2D eigenvalue weighted by Gasteiger charge is -2.31. The number of amides is 1. The lowest BCUT2D eigenvalue weighted by atomic mass is 9.84. The van der Waals surface area contributed by atoms with Gasteiger partial charge in [-0.3, -0.25) is 4.79 Å². The summed E-state index contributed by atoms with van der Waals surface area (Å²) in [6.45, 7) is 9.92. The number of hydrogen-bond donors (Lipinski definition) is 1. The van der Waals surface area contributed by atoms with Crippen molar-refractivity contribution in [3.63, 3.8) is 0 Å². The Balaban J connectivity index is 1.62. The molecule has 4 rings (SSSR count). The summed E-state index contributed by atoms with van der Waals surface area (Å²) in [5, 5.41) is 2.98. The van der Waals surface area contributed by atoms with Gasteiger partial charge in [-0.1, -0.05) is 39.0 Å². The largest absolute Gasteiger partial charge is 0.371 e. The molecule has 28 heavy (non-hydrogen) atoms. The fourth-order valence-corrected chi connectivity index (χ4v) is 3.39. The van der Waals surface area contributed by atoms with Crippen LogP contribution in [0.3, 0.4) is 0 Å². The van der Waals surface area contributed by atoms with Crippen molar-refractivity contribution in [1.82, 2.24) is 0 Å². The van der Waals surface area contributed by atoms with Gasteiger partial charge in [-0.15, -0.1) is 0 Å². The van der Waals surface area contributed by atoms with Gasteiger partial charge in [-0.05, 0) is 41.3 Å². The number of hydrogen-bond acceptors (Lipinski definition) is 4. The first kappa shape index (κ1) is 19.0. The fourth-order valence-electron chi connectivity index (χ4n) is 3.39. The fraction of sp³-hybridized carbons (Fsp3) is 0.435. The summed E-state index contributed by atoms with van der Waals surface area (Å²) in [5.41, 5.74) is 3.70. The van der Waals surface area contributed by atoms with Crippen LogP contribution in [0.25, 0.3) is 0 Å². The Hall–Kier alpha value is -2.37. The molecule has 0 saturated carbocycles. The van der Waals surface area contributed by atoms with Crippen LogP contribution < -0.4 is 10.2 Å². The molecule has 5 heteroatoms. The number of para-hydroxylation sites is 1. The summed E-state index contributed by atoms with van der Waals surface area (Å²) in [7, 11) is 0. The number of carbonyl (C=O) groups is 1. The van der Waals surface area contributed by atoms with Gasteiger partial charge >= 0.3 is 0 Å². The molecule has 2 atom stereocenters. The first-order valence-electron chi connectivity index (χ1n) is 9.89. The van der Waals surface area contributed by atoms with Crippen molar-refractivity contribution < 1.29 is 14.3 Å². The molecule has 0 aromatic heterocycles. The van der Waals surface area contributed by atoms with E-state index in [1.165, 1.54) is 0 Å². The summed E-state index contributed by atoms with van der Waals surface area (Å²) in [4.78, 5) is 15.1. The molecule has 0 spiro atoms. The summed E-state index contributed by atoms with van der Waals surface area (Å²) < 4.78 is 10.9. The van der Waals surface area contributed by atoms with Gasteiger partial charge in [0, 0.05) is 30.0 Å². The molecule has 2 saturated heterocycles. The third-order valence-corrected chi connectivity index (χ3v) is 5.09. The van der Waals surface area contributed by atoms with Gasteiger partial charge < -0.3 is 19.7 Å². The highest BCUT2D eigenvalue weighted by molar-refractivity contribution is 6.04. The Kier molecular flexibility index (Phi) is 5.13. The van der Waals surface area contributed by atoms with Gasteiger partial charge in [0.1, 0.15) is 0 Å². The summed E-state index contributed by atoms with van der Waals surface area (Å²) in [5.74, 6) is -0.0918. The molecular weight excluding hydrogens is 352 g/mol. The average molecular weight is 380 g/mol. The zero-order valence-electron chi connectivity index (χ0n) is 16.8. The number of rotatable bonds is 7. The van der Waals surface area contributed by atoms with Crippen LogP contribution >= 0.6 is 0 Å². The van der Waals surface area contributed by atoms with Crippen LogP contribution in [0.4, 0.5) is 11.4 Å².